The molecule has 1 unspecified atom stereocenters. The number of nitriles is 1. The zero-order valence-electron chi connectivity index (χ0n) is 38.6. The Hall–Kier alpha value is -2.56. The number of alkyl halides is 3. The number of carbonyl (C=O) groups is 2. The Labute approximate surface area is 329 Å². The van der Waals surface area contributed by atoms with Crippen molar-refractivity contribution in [2.75, 3.05) is 13.7 Å². The van der Waals surface area contributed by atoms with E-state index in [4.69, 9.17) is 10.00 Å². The average molecular weight is 766 g/mol. The van der Waals surface area contributed by atoms with E-state index in [9.17, 15) is 22.8 Å². The standard InChI is InChI=1S/C8H16O2.C8H10.C5H10O2.2C5H12.2C4H10.C3H5F3.C3H5N/c1-4-7(3)6-8(9)10-5-2;1-2-8-6-4-3-5-7-8;1-3-4-5(6)7-2;1-5(2,3)4;1-4-5(2)3;1-4(2)3;1-3-4-2;1-2-3(4,5)6;1-2-3-4/h7H,4-6H2,1-3H3;3-7H,2H2,1H3;3-4H2,1-2H3;1-4H3;5H,4H2,1-3H3;4H,1-3H3;3-4H2,1-2H3;2H2,1H3;2H2,1H3. The lowest BCUT2D eigenvalue weighted by atomic mass is 10.0. The van der Waals surface area contributed by atoms with Gasteiger partial charge in [0.25, 0.3) is 0 Å². The second-order valence-electron chi connectivity index (χ2n) is 14.7. The van der Waals surface area contributed by atoms with Gasteiger partial charge in [0.1, 0.15) is 0 Å². The molecule has 0 aliphatic rings. The summed E-state index contributed by atoms with van der Waals surface area (Å²) >= 11 is 0. The summed E-state index contributed by atoms with van der Waals surface area (Å²) in [5.41, 5.74) is 1.91. The van der Waals surface area contributed by atoms with Gasteiger partial charge in [0.15, 0.2) is 0 Å². The fraction of sp³-hybridized carbons (Fsp3) is 0.800. The zero-order chi connectivity index (χ0) is 43.9. The second kappa shape index (κ2) is 53.8. The number of rotatable bonds is 9. The Morgan fingerprint density at radius 1 is 0.736 bits per heavy atom. The van der Waals surface area contributed by atoms with Crippen LogP contribution in [0.2, 0.25) is 0 Å². The van der Waals surface area contributed by atoms with Crippen molar-refractivity contribution in [3.05, 3.63) is 35.9 Å². The third kappa shape index (κ3) is 138. The number of methoxy groups -OCH3 is 1. The Morgan fingerprint density at radius 3 is 1.25 bits per heavy atom. The number of carbonyl (C=O) groups excluding carboxylic acids is 2. The number of hydrogen-bond acceptors (Lipinski definition) is 5. The molecule has 0 amide bonds. The normalized spacial score (nSPS) is 9.89. The lowest BCUT2D eigenvalue weighted by Gasteiger charge is -2.06. The minimum absolute atomic E-state index is 0.0724. The van der Waals surface area contributed by atoms with E-state index in [-0.39, 0.29) is 11.9 Å². The van der Waals surface area contributed by atoms with Gasteiger partial charge in [0.2, 0.25) is 0 Å². The van der Waals surface area contributed by atoms with Crippen LogP contribution in [0.25, 0.3) is 0 Å². The Bertz CT molecular complexity index is 833. The molecule has 53 heavy (non-hydrogen) atoms. The van der Waals surface area contributed by atoms with Gasteiger partial charge in [-0.05, 0) is 48.5 Å². The molecule has 0 radical (unpaired) electrons. The largest absolute Gasteiger partial charge is 0.469 e. The first-order valence-electron chi connectivity index (χ1n) is 20.0. The number of ether oxygens (including phenoxy) is 2. The molecule has 1 aromatic rings. The second-order valence-corrected chi connectivity index (χ2v) is 14.7. The van der Waals surface area contributed by atoms with Crippen LogP contribution in [0.3, 0.4) is 0 Å². The molecule has 0 heterocycles. The lowest BCUT2D eigenvalue weighted by Crippen LogP contribution is -2.08. The van der Waals surface area contributed by atoms with Gasteiger partial charge < -0.3 is 9.47 Å². The maximum absolute atomic E-state index is 10.8. The molecule has 8 heteroatoms. The summed E-state index contributed by atoms with van der Waals surface area (Å²) in [6, 6.07) is 12.4. The molecular formula is C45H90F3NO4. The highest BCUT2D eigenvalue weighted by Crippen LogP contribution is 2.17. The molecule has 1 rings (SSSR count). The fourth-order valence-electron chi connectivity index (χ4n) is 1.67. The van der Waals surface area contributed by atoms with Crippen LogP contribution in [0, 0.1) is 34.5 Å². The lowest BCUT2D eigenvalue weighted by molar-refractivity contribution is -0.144. The van der Waals surface area contributed by atoms with Crippen LogP contribution in [-0.4, -0.2) is 31.8 Å². The predicted molar refractivity (Wildman–Crippen MR) is 227 cm³/mol. The van der Waals surface area contributed by atoms with Crippen molar-refractivity contribution < 1.29 is 32.2 Å². The molecule has 5 nitrogen and oxygen atoms in total. The molecule has 1 aromatic carbocycles. The van der Waals surface area contributed by atoms with E-state index in [1.807, 2.05) is 32.9 Å². The van der Waals surface area contributed by atoms with Crippen LogP contribution in [0.4, 0.5) is 13.2 Å². The Morgan fingerprint density at radius 2 is 1.09 bits per heavy atom. The molecule has 0 saturated heterocycles. The molecule has 0 saturated carbocycles. The van der Waals surface area contributed by atoms with E-state index in [0.717, 1.165) is 38.0 Å². The summed E-state index contributed by atoms with van der Waals surface area (Å²) < 4.78 is 41.5. The van der Waals surface area contributed by atoms with Crippen LogP contribution in [-0.2, 0) is 25.5 Å². The van der Waals surface area contributed by atoms with Crippen molar-refractivity contribution in [2.24, 2.45) is 23.2 Å². The monoisotopic (exact) mass is 766 g/mol. The molecule has 0 spiro atoms. The molecule has 1 atom stereocenters. The van der Waals surface area contributed by atoms with Crippen molar-refractivity contribution in [3.8, 4) is 6.07 Å². The van der Waals surface area contributed by atoms with Crippen LogP contribution < -0.4 is 0 Å². The average Bonchev–Trinajstić information content (AvgIpc) is 3.08. The summed E-state index contributed by atoms with van der Waals surface area (Å²) in [5, 5.41) is 7.62. The first-order valence-corrected chi connectivity index (χ1v) is 20.0. The van der Waals surface area contributed by atoms with E-state index >= 15 is 0 Å². The molecule has 0 aliphatic carbocycles. The van der Waals surface area contributed by atoms with E-state index in [2.05, 4.69) is 133 Å². The molecule has 0 bridgehead atoms. The van der Waals surface area contributed by atoms with Crippen LogP contribution in [0.1, 0.15) is 195 Å². The Balaban J connectivity index is -0.0000000731. The number of nitrogens with zero attached hydrogens (tertiary/aromatic N) is 1. The summed E-state index contributed by atoms with van der Waals surface area (Å²) in [4.78, 5) is 21.0. The van der Waals surface area contributed by atoms with Gasteiger partial charge >= 0.3 is 18.1 Å². The summed E-state index contributed by atoms with van der Waals surface area (Å²) in [6.45, 7) is 39.7. The van der Waals surface area contributed by atoms with Gasteiger partial charge in [0, 0.05) is 25.7 Å². The van der Waals surface area contributed by atoms with Crippen LogP contribution >= 0.6 is 0 Å². The molecule has 320 valence electrons. The molecule has 0 aliphatic heterocycles. The number of unbranched alkanes of at least 4 members (excludes halogenated alkanes) is 1. The minimum Gasteiger partial charge on any atom is -0.469 e. The quantitative estimate of drug-likeness (QED) is 0.234. The van der Waals surface area contributed by atoms with Crippen molar-refractivity contribution >= 4 is 11.9 Å². The minimum atomic E-state index is -3.96. The van der Waals surface area contributed by atoms with Gasteiger partial charge in [-0.1, -0.05) is 181 Å². The van der Waals surface area contributed by atoms with E-state index in [0.29, 0.717) is 37.2 Å². The highest BCUT2D eigenvalue weighted by atomic mass is 19.4. The van der Waals surface area contributed by atoms with Gasteiger partial charge in [-0.25, -0.2) is 0 Å². The number of halogens is 3. The number of aryl methyl sites for hydroxylation is 1. The maximum atomic E-state index is 10.8. The molecule has 0 fully saturated rings. The van der Waals surface area contributed by atoms with Gasteiger partial charge in [-0.3, -0.25) is 9.59 Å². The molecular weight excluding hydrogens is 675 g/mol. The van der Waals surface area contributed by atoms with E-state index < -0.39 is 12.6 Å². The third-order valence-corrected chi connectivity index (χ3v) is 5.33. The number of esters is 2. The summed E-state index contributed by atoms with van der Waals surface area (Å²) in [6.07, 6.45) is 4.03. The third-order valence-electron chi connectivity index (χ3n) is 5.33. The van der Waals surface area contributed by atoms with Gasteiger partial charge in [0.05, 0.1) is 19.8 Å². The first kappa shape index (κ1) is 68.5. The summed E-state index contributed by atoms with van der Waals surface area (Å²) in [5.74, 6) is 1.98. The fourth-order valence-corrected chi connectivity index (χ4v) is 1.67. The SMILES string of the molecule is CC(C)(C)C.CC(C)C.CCC#N.CCC(C)C.CCC(F)(F)F.CCCC.CCCC(=O)OC.CCOC(=O)CC(C)CC.CCc1ccccc1. The highest BCUT2D eigenvalue weighted by Gasteiger charge is 2.22. The Kier molecular flexibility index (Phi) is 69.5. The van der Waals surface area contributed by atoms with Crippen molar-refractivity contribution in [1.82, 2.24) is 0 Å². The van der Waals surface area contributed by atoms with E-state index in [1.165, 1.54) is 31.9 Å². The highest BCUT2D eigenvalue weighted by molar-refractivity contribution is 5.69. The predicted octanol–water partition coefficient (Wildman–Crippen LogP) is 15.6. The first-order chi connectivity index (χ1) is 24.3. The topological polar surface area (TPSA) is 76.4 Å². The van der Waals surface area contributed by atoms with Crippen LogP contribution in [0.15, 0.2) is 30.3 Å². The smallest absolute Gasteiger partial charge is 0.388 e. The van der Waals surface area contributed by atoms with Crippen molar-refractivity contribution in [1.29, 1.82) is 5.26 Å². The van der Waals surface area contributed by atoms with Crippen molar-refractivity contribution in [3.63, 3.8) is 0 Å². The maximum Gasteiger partial charge on any atom is 0.388 e. The molecule has 0 aromatic heterocycles. The van der Waals surface area contributed by atoms with Gasteiger partial charge in [-0.2, -0.15) is 18.4 Å². The van der Waals surface area contributed by atoms with Crippen LogP contribution in [0.5, 0.6) is 0 Å². The molecule has 0 N–H and O–H groups in total. The number of hydrogen-bond donors (Lipinski definition) is 0. The van der Waals surface area contributed by atoms with E-state index in [1.54, 1.807) is 0 Å². The summed E-state index contributed by atoms with van der Waals surface area (Å²) in [7, 11) is 1.40. The van der Waals surface area contributed by atoms with Crippen molar-refractivity contribution in [2.45, 2.75) is 202 Å². The number of benzene rings is 1. The van der Waals surface area contributed by atoms with Gasteiger partial charge in [-0.15, -0.1) is 0 Å². The zero-order valence-corrected chi connectivity index (χ0v) is 38.6.